The second kappa shape index (κ2) is 8.34. The highest BCUT2D eigenvalue weighted by Gasteiger charge is 2.08. The highest BCUT2D eigenvalue weighted by molar-refractivity contribution is 7.99. The summed E-state index contributed by atoms with van der Waals surface area (Å²) in [7, 11) is 0. The van der Waals surface area contributed by atoms with Crippen molar-refractivity contribution in [2.24, 2.45) is 0 Å². The Morgan fingerprint density at radius 1 is 1.04 bits per heavy atom. The maximum absolute atomic E-state index is 12.1. The highest BCUT2D eigenvalue weighted by Crippen LogP contribution is 2.24. The van der Waals surface area contributed by atoms with Gasteiger partial charge >= 0.3 is 0 Å². The van der Waals surface area contributed by atoms with Gasteiger partial charge in [-0.05, 0) is 43.7 Å². The highest BCUT2D eigenvalue weighted by atomic mass is 35.5. The molecule has 0 spiro atoms. The molecule has 0 unspecified atom stereocenters. The molecule has 1 heterocycles. The molecule has 0 radical (unpaired) electrons. The summed E-state index contributed by atoms with van der Waals surface area (Å²) in [6.07, 6.45) is 0. The first-order valence-corrected chi connectivity index (χ1v) is 9.48. The third-order valence-electron chi connectivity index (χ3n) is 3.88. The molecule has 26 heavy (non-hydrogen) atoms. The van der Waals surface area contributed by atoms with Crippen molar-refractivity contribution in [3.63, 3.8) is 0 Å². The number of rotatable bonds is 5. The Labute approximate surface area is 162 Å². The van der Waals surface area contributed by atoms with E-state index in [1.165, 1.54) is 17.3 Å². The van der Waals surface area contributed by atoms with Crippen molar-refractivity contribution in [2.75, 3.05) is 11.1 Å². The Morgan fingerprint density at radius 2 is 1.81 bits per heavy atom. The Bertz CT molecular complexity index is 911. The van der Waals surface area contributed by atoms with Gasteiger partial charge in [0.1, 0.15) is 5.03 Å². The van der Waals surface area contributed by atoms with Gasteiger partial charge in [-0.2, -0.15) is 0 Å². The zero-order valence-electron chi connectivity index (χ0n) is 14.5. The van der Waals surface area contributed by atoms with Crippen LogP contribution in [0, 0.1) is 13.8 Å². The number of aromatic nitrogens is 2. The van der Waals surface area contributed by atoms with Crippen molar-refractivity contribution in [3.8, 4) is 11.3 Å². The first-order valence-electron chi connectivity index (χ1n) is 8.11. The number of hydrogen-bond donors (Lipinski definition) is 1. The number of carbonyl (C=O) groups is 1. The number of anilines is 1. The maximum atomic E-state index is 12.1. The minimum Gasteiger partial charge on any atom is -0.325 e. The molecule has 2 aromatic carbocycles. The number of benzene rings is 2. The van der Waals surface area contributed by atoms with Crippen LogP contribution in [0.3, 0.4) is 0 Å². The molecular weight excluding hydrogens is 366 g/mol. The fourth-order valence-corrected chi connectivity index (χ4v) is 3.13. The van der Waals surface area contributed by atoms with Crippen LogP contribution in [0.2, 0.25) is 5.02 Å². The molecule has 1 N–H and O–H groups in total. The Morgan fingerprint density at radius 3 is 2.50 bits per heavy atom. The van der Waals surface area contributed by atoms with E-state index < -0.39 is 0 Å². The molecule has 4 nitrogen and oxygen atoms in total. The van der Waals surface area contributed by atoms with Crippen molar-refractivity contribution in [3.05, 3.63) is 70.7 Å². The summed E-state index contributed by atoms with van der Waals surface area (Å²) >= 11 is 7.41. The van der Waals surface area contributed by atoms with Gasteiger partial charge in [0.05, 0.1) is 11.4 Å². The summed E-state index contributed by atoms with van der Waals surface area (Å²) < 4.78 is 0. The quantitative estimate of drug-likeness (QED) is 0.619. The number of amides is 1. The smallest absolute Gasteiger partial charge is 0.234 e. The normalized spacial score (nSPS) is 10.6. The number of thioether (sulfide) groups is 1. The maximum Gasteiger partial charge on any atom is 0.234 e. The average Bonchev–Trinajstić information content (AvgIpc) is 2.65. The molecule has 3 rings (SSSR count). The summed E-state index contributed by atoms with van der Waals surface area (Å²) in [4.78, 5) is 12.1. The van der Waals surface area contributed by atoms with Gasteiger partial charge in [0.25, 0.3) is 0 Å². The fourth-order valence-electron chi connectivity index (χ4n) is 2.34. The summed E-state index contributed by atoms with van der Waals surface area (Å²) in [5.41, 5.74) is 4.62. The van der Waals surface area contributed by atoms with Crippen LogP contribution in [0.1, 0.15) is 11.1 Å². The van der Waals surface area contributed by atoms with Gasteiger partial charge < -0.3 is 5.32 Å². The van der Waals surface area contributed by atoms with E-state index in [1.807, 2.05) is 62.4 Å². The number of nitrogens with one attached hydrogen (secondary N) is 1. The fraction of sp³-hybridized carbons (Fsp3) is 0.150. The lowest BCUT2D eigenvalue weighted by molar-refractivity contribution is -0.113. The third-order valence-corrected chi connectivity index (χ3v) is 5.21. The third kappa shape index (κ3) is 4.62. The molecule has 0 fully saturated rings. The van der Waals surface area contributed by atoms with E-state index in [-0.39, 0.29) is 11.7 Å². The molecule has 0 aliphatic rings. The van der Waals surface area contributed by atoms with E-state index in [1.54, 1.807) is 6.07 Å². The van der Waals surface area contributed by atoms with Gasteiger partial charge in [0.15, 0.2) is 0 Å². The second-order valence-corrected chi connectivity index (χ2v) is 7.27. The van der Waals surface area contributed by atoms with E-state index >= 15 is 0 Å². The van der Waals surface area contributed by atoms with Crippen LogP contribution in [-0.2, 0) is 4.79 Å². The zero-order valence-corrected chi connectivity index (χ0v) is 16.1. The minimum atomic E-state index is -0.107. The van der Waals surface area contributed by atoms with Crippen LogP contribution < -0.4 is 5.32 Å². The van der Waals surface area contributed by atoms with Crippen LogP contribution >= 0.6 is 23.4 Å². The van der Waals surface area contributed by atoms with E-state index in [2.05, 4.69) is 15.5 Å². The molecule has 0 saturated carbocycles. The second-order valence-electron chi connectivity index (χ2n) is 5.87. The average molecular weight is 384 g/mol. The minimum absolute atomic E-state index is 0.107. The van der Waals surface area contributed by atoms with E-state index in [0.29, 0.717) is 10.0 Å². The predicted molar refractivity (Wildman–Crippen MR) is 108 cm³/mol. The molecule has 0 aliphatic heterocycles. The molecule has 0 atom stereocenters. The Balaban J connectivity index is 1.58. The molecule has 0 bridgehead atoms. The Kier molecular flexibility index (Phi) is 5.91. The standard InChI is InChI=1S/C20H18ClN3OS/c1-13-6-8-15(9-7-13)18-10-11-20(24-23-18)26-12-19(25)22-17-5-3-4-16(21)14(17)2/h3-11H,12H2,1-2H3,(H,22,25). The molecule has 1 aromatic heterocycles. The number of aryl methyl sites for hydroxylation is 1. The Hall–Kier alpha value is -2.37. The van der Waals surface area contributed by atoms with E-state index in [4.69, 9.17) is 11.6 Å². The number of halogens is 1. The van der Waals surface area contributed by atoms with E-state index in [9.17, 15) is 4.79 Å². The molecule has 132 valence electrons. The monoisotopic (exact) mass is 383 g/mol. The number of hydrogen-bond acceptors (Lipinski definition) is 4. The summed E-state index contributed by atoms with van der Waals surface area (Å²) in [6.45, 7) is 3.92. The van der Waals surface area contributed by atoms with Crippen molar-refractivity contribution >= 4 is 35.0 Å². The molecule has 0 saturated heterocycles. The van der Waals surface area contributed by atoms with Crippen molar-refractivity contribution < 1.29 is 4.79 Å². The summed E-state index contributed by atoms with van der Waals surface area (Å²) in [5, 5.41) is 12.7. The molecular formula is C20H18ClN3OS. The van der Waals surface area contributed by atoms with E-state index in [0.717, 1.165) is 22.5 Å². The predicted octanol–water partition coefficient (Wildman–Crippen LogP) is 5.14. The van der Waals surface area contributed by atoms with Crippen LogP contribution in [0.5, 0.6) is 0 Å². The van der Waals surface area contributed by atoms with Gasteiger partial charge in [-0.1, -0.05) is 59.3 Å². The molecule has 3 aromatic rings. The van der Waals surface area contributed by atoms with Crippen LogP contribution in [-0.4, -0.2) is 21.9 Å². The number of carbonyl (C=O) groups excluding carboxylic acids is 1. The van der Waals surface area contributed by atoms with Crippen LogP contribution in [0.15, 0.2) is 59.6 Å². The summed E-state index contributed by atoms with van der Waals surface area (Å²) in [5.74, 6) is 0.148. The van der Waals surface area contributed by atoms with Crippen molar-refractivity contribution in [1.82, 2.24) is 10.2 Å². The first kappa shape index (κ1) is 18.4. The lowest BCUT2D eigenvalue weighted by Crippen LogP contribution is -2.15. The lowest BCUT2D eigenvalue weighted by atomic mass is 10.1. The molecule has 1 amide bonds. The molecule has 6 heteroatoms. The SMILES string of the molecule is Cc1ccc(-c2ccc(SCC(=O)Nc3cccc(Cl)c3C)nn2)cc1. The van der Waals surface area contributed by atoms with Crippen LogP contribution in [0.4, 0.5) is 5.69 Å². The van der Waals surface area contributed by atoms with Gasteiger partial charge in [-0.25, -0.2) is 0 Å². The molecule has 0 aliphatic carbocycles. The lowest BCUT2D eigenvalue weighted by Gasteiger charge is -2.09. The first-order chi connectivity index (χ1) is 12.5. The van der Waals surface area contributed by atoms with Gasteiger partial charge in [-0.15, -0.1) is 10.2 Å². The van der Waals surface area contributed by atoms with Gasteiger partial charge in [0, 0.05) is 16.3 Å². The summed E-state index contributed by atoms with van der Waals surface area (Å²) in [6, 6.07) is 17.4. The van der Waals surface area contributed by atoms with Gasteiger partial charge in [-0.3, -0.25) is 4.79 Å². The topological polar surface area (TPSA) is 54.9 Å². The van der Waals surface area contributed by atoms with Crippen molar-refractivity contribution in [1.29, 1.82) is 0 Å². The largest absolute Gasteiger partial charge is 0.325 e. The van der Waals surface area contributed by atoms with Crippen LogP contribution in [0.25, 0.3) is 11.3 Å². The zero-order chi connectivity index (χ0) is 18.5. The number of nitrogens with zero attached hydrogens (tertiary/aromatic N) is 2. The van der Waals surface area contributed by atoms with Crippen molar-refractivity contribution in [2.45, 2.75) is 18.9 Å². The van der Waals surface area contributed by atoms with Gasteiger partial charge in [0.2, 0.25) is 5.91 Å².